The van der Waals surface area contributed by atoms with Crippen LogP contribution in [0.3, 0.4) is 0 Å². The predicted molar refractivity (Wildman–Crippen MR) is 119 cm³/mol. The summed E-state index contributed by atoms with van der Waals surface area (Å²) in [5, 5.41) is 7.06. The van der Waals surface area contributed by atoms with Crippen molar-refractivity contribution in [3.05, 3.63) is 35.9 Å². The molecule has 0 spiro atoms. The normalized spacial score (nSPS) is 20.7. The molecule has 1 unspecified atom stereocenters. The van der Waals surface area contributed by atoms with Crippen LogP contribution in [-0.4, -0.2) is 57.3 Å². The van der Waals surface area contributed by atoms with Gasteiger partial charge in [0.05, 0.1) is 14.2 Å². The molecule has 0 bridgehead atoms. The molecule has 1 saturated carbocycles. The van der Waals surface area contributed by atoms with Gasteiger partial charge in [-0.05, 0) is 43.4 Å². The van der Waals surface area contributed by atoms with E-state index in [1.807, 2.05) is 19.2 Å². The minimum Gasteiger partial charge on any atom is -0.493 e. The van der Waals surface area contributed by atoms with Crippen molar-refractivity contribution in [2.24, 2.45) is 4.99 Å². The Kier molecular flexibility index (Phi) is 7.81. The van der Waals surface area contributed by atoms with Gasteiger partial charge in [-0.3, -0.25) is 9.89 Å². The van der Waals surface area contributed by atoms with Gasteiger partial charge in [-0.25, -0.2) is 0 Å². The van der Waals surface area contributed by atoms with Crippen molar-refractivity contribution in [2.45, 2.75) is 57.2 Å². The van der Waals surface area contributed by atoms with Gasteiger partial charge in [-0.2, -0.15) is 0 Å². The van der Waals surface area contributed by atoms with Crippen LogP contribution in [0.4, 0.5) is 0 Å². The Morgan fingerprint density at radius 2 is 2.03 bits per heavy atom. The molecule has 2 aliphatic rings. The van der Waals surface area contributed by atoms with Gasteiger partial charge in [-0.1, -0.05) is 18.9 Å². The number of methoxy groups -OCH3 is 2. The first kappa shape index (κ1) is 21.5. The molecule has 1 saturated heterocycles. The van der Waals surface area contributed by atoms with Crippen molar-refractivity contribution in [1.82, 2.24) is 15.5 Å². The van der Waals surface area contributed by atoms with E-state index in [0.717, 1.165) is 47.6 Å². The van der Waals surface area contributed by atoms with Crippen LogP contribution in [0.1, 0.15) is 43.2 Å². The molecule has 1 aliphatic carbocycles. The van der Waals surface area contributed by atoms with Crippen LogP contribution in [0.25, 0.3) is 0 Å². The zero-order chi connectivity index (χ0) is 20.6. The Morgan fingerprint density at radius 3 is 2.69 bits per heavy atom. The lowest BCUT2D eigenvalue weighted by Gasteiger charge is -2.24. The monoisotopic (exact) mass is 400 g/mol. The van der Waals surface area contributed by atoms with Gasteiger partial charge >= 0.3 is 0 Å². The number of rotatable bonds is 8. The number of hydrogen-bond donors (Lipinski definition) is 2. The number of nitrogens with one attached hydrogen (secondary N) is 2. The van der Waals surface area contributed by atoms with Crippen LogP contribution in [0.15, 0.2) is 29.8 Å². The summed E-state index contributed by atoms with van der Waals surface area (Å²) in [4.78, 5) is 7.09. The topological polar surface area (TPSA) is 58.1 Å². The van der Waals surface area contributed by atoms with E-state index >= 15 is 0 Å². The van der Waals surface area contributed by atoms with Gasteiger partial charge in [0, 0.05) is 44.3 Å². The van der Waals surface area contributed by atoms with Crippen LogP contribution >= 0.6 is 0 Å². The molecule has 1 heterocycles. The van der Waals surface area contributed by atoms with Gasteiger partial charge < -0.3 is 20.1 Å². The fourth-order valence-corrected chi connectivity index (χ4v) is 4.60. The highest BCUT2D eigenvalue weighted by molar-refractivity contribution is 5.80. The van der Waals surface area contributed by atoms with Crippen LogP contribution in [-0.2, 0) is 13.0 Å². The standard InChI is InChI=1S/C23H36N4O2/c1-5-8-18-13-17(14-21(28-3)22(18)29-4)15-25-23(24-2)26-19-11-12-27(16-19)20-9-6-7-10-20/h5,13-14,19-20H,1,6-12,15-16H2,2-4H3,(H2,24,25,26). The lowest BCUT2D eigenvalue weighted by atomic mass is 10.1. The summed E-state index contributed by atoms with van der Waals surface area (Å²) in [6.45, 7) is 6.83. The number of guanidine groups is 1. The first-order valence-electron chi connectivity index (χ1n) is 10.7. The van der Waals surface area contributed by atoms with Crippen molar-refractivity contribution in [3.8, 4) is 11.5 Å². The molecule has 0 aromatic heterocycles. The number of aliphatic imine (C=N–C) groups is 1. The first-order chi connectivity index (χ1) is 14.2. The molecule has 3 rings (SSSR count). The third-order valence-electron chi connectivity index (χ3n) is 6.07. The summed E-state index contributed by atoms with van der Waals surface area (Å²) >= 11 is 0. The van der Waals surface area contributed by atoms with Crippen molar-refractivity contribution in [1.29, 1.82) is 0 Å². The van der Waals surface area contributed by atoms with E-state index in [9.17, 15) is 0 Å². The van der Waals surface area contributed by atoms with E-state index in [2.05, 4.69) is 33.2 Å². The van der Waals surface area contributed by atoms with Crippen molar-refractivity contribution in [2.75, 3.05) is 34.4 Å². The van der Waals surface area contributed by atoms with Crippen LogP contribution < -0.4 is 20.1 Å². The average Bonchev–Trinajstić information content (AvgIpc) is 3.42. The van der Waals surface area contributed by atoms with Gasteiger partial charge in [0.2, 0.25) is 0 Å². The van der Waals surface area contributed by atoms with Gasteiger partial charge in [-0.15, -0.1) is 6.58 Å². The summed E-state index contributed by atoms with van der Waals surface area (Å²) < 4.78 is 11.1. The average molecular weight is 401 g/mol. The molecule has 1 aromatic carbocycles. The Hall–Kier alpha value is -2.21. The largest absolute Gasteiger partial charge is 0.493 e. The number of ether oxygens (including phenoxy) is 2. The number of likely N-dealkylation sites (tertiary alicyclic amines) is 1. The quantitative estimate of drug-likeness (QED) is 0.399. The lowest BCUT2D eigenvalue weighted by Crippen LogP contribution is -2.45. The first-order valence-corrected chi connectivity index (χ1v) is 10.7. The fourth-order valence-electron chi connectivity index (χ4n) is 4.60. The summed E-state index contributed by atoms with van der Waals surface area (Å²) in [5.74, 6) is 2.37. The molecule has 29 heavy (non-hydrogen) atoms. The summed E-state index contributed by atoms with van der Waals surface area (Å²) in [6, 6.07) is 5.42. The minimum atomic E-state index is 0.462. The molecule has 6 heteroatoms. The Labute approximate surface area is 175 Å². The number of hydrogen-bond acceptors (Lipinski definition) is 4. The maximum Gasteiger partial charge on any atom is 0.191 e. The molecule has 1 aromatic rings. The van der Waals surface area contributed by atoms with Crippen LogP contribution in [0, 0.1) is 0 Å². The fraction of sp³-hybridized carbons (Fsp3) is 0.609. The third kappa shape index (κ3) is 5.44. The van der Waals surface area contributed by atoms with Crippen molar-refractivity contribution >= 4 is 5.96 Å². The maximum absolute atomic E-state index is 5.53. The molecule has 2 fully saturated rings. The Balaban J connectivity index is 1.58. The molecule has 1 atom stereocenters. The maximum atomic E-state index is 5.53. The SMILES string of the molecule is C=CCc1cc(CNC(=NC)NC2CCN(C3CCCC3)C2)cc(OC)c1OC. The molecule has 6 nitrogen and oxygen atoms in total. The molecule has 0 radical (unpaired) electrons. The summed E-state index contributed by atoms with van der Waals surface area (Å²) in [7, 11) is 5.17. The zero-order valence-corrected chi connectivity index (χ0v) is 18.2. The van der Waals surface area contributed by atoms with E-state index < -0.39 is 0 Å². The molecule has 2 N–H and O–H groups in total. The van der Waals surface area contributed by atoms with Gasteiger partial charge in [0.15, 0.2) is 17.5 Å². The van der Waals surface area contributed by atoms with E-state index in [-0.39, 0.29) is 0 Å². The molecule has 1 aliphatic heterocycles. The van der Waals surface area contributed by atoms with Crippen molar-refractivity contribution < 1.29 is 9.47 Å². The second kappa shape index (κ2) is 10.5. The van der Waals surface area contributed by atoms with Crippen LogP contribution in [0.2, 0.25) is 0 Å². The Morgan fingerprint density at radius 1 is 1.24 bits per heavy atom. The summed E-state index contributed by atoms with van der Waals surface area (Å²) in [5.41, 5.74) is 2.20. The second-order valence-electron chi connectivity index (χ2n) is 7.97. The number of benzene rings is 1. The summed E-state index contributed by atoms with van der Waals surface area (Å²) in [6.07, 6.45) is 9.31. The zero-order valence-electron chi connectivity index (χ0n) is 18.2. The molecule has 0 amide bonds. The van der Waals surface area contributed by atoms with Crippen molar-refractivity contribution in [3.63, 3.8) is 0 Å². The van der Waals surface area contributed by atoms with E-state index in [0.29, 0.717) is 12.6 Å². The highest BCUT2D eigenvalue weighted by Gasteiger charge is 2.30. The minimum absolute atomic E-state index is 0.462. The second-order valence-corrected chi connectivity index (χ2v) is 7.97. The number of allylic oxidation sites excluding steroid dienone is 1. The number of nitrogens with zero attached hydrogens (tertiary/aromatic N) is 2. The lowest BCUT2D eigenvalue weighted by molar-refractivity contribution is 0.242. The highest BCUT2D eigenvalue weighted by atomic mass is 16.5. The molecule has 160 valence electrons. The van der Waals surface area contributed by atoms with E-state index in [1.54, 1.807) is 14.2 Å². The third-order valence-corrected chi connectivity index (χ3v) is 6.07. The smallest absolute Gasteiger partial charge is 0.191 e. The van der Waals surface area contributed by atoms with E-state index in [1.165, 1.54) is 38.6 Å². The molecular formula is C23H36N4O2. The highest BCUT2D eigenvalue weighted by Crippen LogP contribution is 2.33. The van der Waals surface area contributed by atoms with Gasteiger partial charge in [0.1, 0.15) is 0 Å². The van der Waals surface area contributed by atoms with E-state index in [4.69, 9.17) is 9.47 Å². The Bertz CT molecular complexity index is 713. The predicted octanol–water partition coefficient (Wildman–Crippen LogP) is 3.11. The molecular weight excluding hydrogens is 364 g/mol. The van der Waals surface area contributed by atoms with Gasteiger partial charge in [0.25, 0.3) is 0 Å². The van der Waals surface area contributed by atoms with Crippen LogP contribution in [0.5, 0.6) is 11.5 Å².